The van der Waals surface area contributed by atoms with Gasteiger partial charge in [0.2, 0.25) is 0 Å². The number of carbonyl (C=O) groups is 4. The van der Waals surface area contributed by atoms with Gasteiger partial charge < -0.3 is 19.5 Å². The van der Waals surface area contributed by atoms with Crippen molar-refractivity contribution in [1.29, 1.82) is 0 Å². The third kappa shape index (κ3) is 7.16. The number of halogens is 1. The molecule has 1 aliphatic heterocycles. The zero-order chi connectivity index (χ0) is 28.0. The lowest BCUT2D eigenvalue weighted by molar-refractivity contribution is -0.150. The lowest BCUT2D eigenvalue weighted by Gasteiger charge is -2.15. The number of ether oxygens (including phenoxy) is 3. The van der Waals surface area contributed by atoms with E-state index in [1.807, 2.05) is 32.9 Å². The van der Waals surface area contributed by atoms with E-state index in [0.29, 0.717) is 29.2 Å². The van der Waals surface area contributed by atoms with Crippen LogP contribution < -0.4 is 14.8 Å². The quantitative estimate of drug-likeness (QED) is 0.281. The van der Waals surface area contributed by atoms with Crippen molar-refractivity contribution in [2.45, 2.75) is 40.2 Å². The number of esters is 1. The lowest BCUT2D eigenvalue weighted by atomic mass is 10.1. The van der Waals surface area contributed by atoms with Gasteiger partial charge in [-0.15, -0.1) is 0 Å². The van der Waals surface area contributed by atoms with E-state index in [2.05, 4.69) is 21.2 Å². The second-order valence-corrected chi connectivity index (χ2v) is 10.4. The molecule has 1 aliphatic rings. The van der Waals surface area contributed by atoms with E-state index in [0.717, 1.165) is 32.3 Å². The molecule has 0 aliphatic carbocycles. The molecule has 1 N–H and O–H groups in total. The molecule has 0 unspecified atom stereocenters. The number of hydrogen-bond donors (Lipinski definition) is 1. The third-order valence-corrected chi connectivity index (χ3v) is 7.67. The van der Waals surface area contributed by atoms with Crippen LogP contribution in [0.25, 0.3) is 6.08 Å². The Hall–Kier alpha value is -3.31. The van der Waals surface area contributed by atoms with Gasteiger partial charge in [-0.25, -0.2) is 0 Å². The number of rotatable bonds is 10. The Morgan fingerprint density at radius 2 is 1.87 bits per heavy atom. The summed E-state index contributed by atoms with van der Waals surface area (Å²) in [4.78, 5) is 50.6. The molecule has 0 radical (unpaired) electrons. The average Bonchev–Trinajstić information content (AvgIpc) is 3.15. The smallest absolute Gasteiger partial charge is 0.326 e. The second-order valence-electron chi connectivity index (χ2n) is 8.57. The summed E-state index contributed by atoms with van der Waals surface area (Å²) in [6.45, 7) is 6.81. The maximum atomic E-state index is 12.7. The Morgan fingerprint density at radius 3 is 2.55 bits per heavy atom. The Morgan fingerprint density at radius 1 is 1.13 bits per heavy atom. The summed E-state index contributed by atoms with van der Waals surface area (Å²) in [6, 6.07) is 8.59. The first-order valence-electron chi connectivity index (χ1n) is 11.8. The zero-order valence-corrected chi connectivity index (χ0v) is 24.2. The monoisotopic (exact) mass is 604 g/mol. The van der Waals surface area contributed by atoms with Gasteiger partial charge in [-0.1, -0.05) is 28.9 Å². The van der Waals surface area contributed by atoms with Crippen LogP contribution in [0.3, 0.4) is 0 Å². The predicted molar refractivity (Wildman–Crippen MR) is 149 cm³/mol. The summed E-state index contributed by atoms with van der Waals surface area (Å²) in [5, 5.41) is 2.30. The molecule has 3 rings (SSSR count). The van der Waals surface area contributed by atoms with Crippen molar-refractivity contribution < 1.29 is 33.4 Å². The van der Waals surface area contributed by atoms with Crippen molar-refractivity contribution in [3.63, 3.8) is 0 Å². The topological polar surface area (TPSA) is 111 Å². The maximum absolute atomic E-state index is 12.7. The Labute approximate surface area is 234 Å². The summed E-state index contributed by atoms with van der Waals surface area (Å²) in [5.74, 6) is -0.861. The van der Waals surface area contributed by atoms with Crippen molar-refractivity contribution >= 4 is 62.5 Å². The van der Waals surface area contributed by atoms with Crippen LogP contribution in [0.1, 0.15) is 37.0 Å². The van der Waals surface area contributed by atoms with Gasteiger partial charge in [-0.05, 0) is 86.0 Å². The largest absolute Gasteiger partial charge is 0.493 e. The lowest BCUT2D eigenvalue weighted by Crippen LogP contribution is -2.35. The maximum Gasteiger partial charge on any atom is 0.326 e. The first-order valence-corrected chi connectivity index (χ1v) is 13.5. The summed E-state index contributed by atoms with van der Waals surface area (Å²) in [7, 11) is 1.46. The zero-order valence-electron chi connectivity index (χ0n) is 21.8. The number of hydrogen-bond acceptors (Lipinski definition) is 8. The first-order chi connectivity index (χ1) is 18.0. The molecule has 2 aromatic carbocycles. The fraction of sp³-hybridized carbons (Fsp3) is 0.333. The summed E-state index contributed by atoms with van der Waals surface area (Å²) in [6.07, 6.45) is 1.86. The highest BCUT2D eigenvalue weighted by atomic mass is 79.9. The molecule has 3 amide bonds. The molecule has 1 saturated heterocycles. The number of thioether (sulfide) groups is 1. The highest BCUT2D eigenvalue weighted by Crippen LogP contribution is 2.34. The van der Waals surface area contributed by atoms with E-state index in [1.165, 1.54) is 13.2 Å². The Bertz CT molecular complexity index is 1290. The highest BCUT2D eigenvalue weighted by molar-refractivity contribution is 9.10. The van der Waals surface area contributed by atoms with Gasteiger partial charge in [0.1, 0.15) is 6.54 Å². The highest BCUT2D eigenvalue weighted by Gasteiger charge is 2.37. The Balaban J connectivity index is 1.65. The van der Waals surface area contributed by atoms with Gasteiger partial charge in [-0.2, -0.15) is 0 Å². The van der Waals surface area contributed by atoms with Crippen LogP contribution >= 0.6 is 27.7 Å². The van der Waals surface area contributed by atoms with Gasteiger partial charge in [-0.3, -0.25) is 24.1 Å². The summed E-state index contributed by atoms with van der Waals surface area (Å²) >= 11 is 4.21. The number of nitrogens with zero attached hydrogens (tertiary/aromatic N) is 1. The van der Waals surface area contributed by atoms with Gasteiger partial charge >= 0.3 is 5.97 Å². The fourth-order valence-corrected chi connectivity index (χ4v) is 4.68. The van der Waals surface area contributed by atoms with Crippen molar-refractivity contribution in [2.24, 2.45) is 0 Å². The molecule has 0 bridgehead atoms. The van der Waals surface area contributed by atoms with Crippen molar-refractivity contribution in [1.82, 2.24) is 4.90 Å². The standard InChI is InChI=1S/C27H29BrN2O7S/c1-6-15(2)37-25(32)13-30-26(33)23(38-27(30)34)12-18-7-10-21(22(11-18)35-5)36-14-24(31)29-20-9-8-19(28)16(3)17(20)4/h7-12,15H,6,13-14H2,1-5H3,(H,29,31)/b23-12+/t15-/m0/s1. The van der Waals surface area contributed by atoms with Gasteiger partial charge in [0.25, 0.3) is 17.1 Å². The molecule has 1 fully saturated rings. The van der Waals surface area contributed by atoms with Crippen LogP contribution in [0.5, 0.6) is 11.5 Å². The molecule has 0 saturated carbocycles. The number of anilines is 1. The number of benzene rings is 2. The molecule has 1 atom stereocenters. The van der Waals surface area contributed by atoms with Crippen LogP contribution in [-0.4, -0.2) is 54.3 Å². The number of nitrogens with one attached hydrogen (secondary N) is 1. The normalized spacial score (nSPS) is 15.0. The van der Waals surface area contributed by atoms with Crippen LogP contribution in [-0.2, 0) is 19.1 Å². The number of carbonyl (C=O) groups excluding carboxylic acids is 4. The van der Waals surface area contributed by atoms with E-state index in [4.69, 9.17) is 14.2 Å². The summed E-state index contributed by atoms with van der Waals surface area (Å²) < 4.78 is 17.2. The minimum absolute atomic E-state index is 0.168. The van der Waals surface area contributed by atoms with E-state index in [1.54, 1.807) is 25.1 Å². The van der Waals surface area contributed by atoms with Crippen LogP contribution in [0, 0.1) is 13.8 Å². The molecular formula is C27H29BrN2O7S. The predicted octanol–water partition coefficient (Wildman–Crippen LogP) is 5.47. The third-order valence-electron chi connectivity index (χ3n) is 5.91. The summed E-state index contributed by atoms with van der Waals surface area (Å²) in [5.41, 5.74) is 3.26. The van der Waals surface area contributed by atoms with Crippen LogP contribution in [0.2, 0.25) is 0 Å². The molecule has 1 heterocycles. The number of methoxy groups -OCH3 is 1. The van der Waals surface area contributed by atoms with Gasteiger partial charge in [0, 0.05) is 10.2 Å². The van der Waals surface area contributed by atoms with Crippen LogP contribution in [0.4, 0.5) is 10.5 Å². The van der Waals surface area contributed by atoms with E-state index < -0.39 is 23.7 Å². The molecule has 11 heteroatoms. The average molecular weight is 606 g/mol. The Kier molecular flexibility index (Phi) is 9.98. The molecule has 0 aromatic heterocycles. The SMILES string of the molecule is CC[C@H](C)OC(=O)CN1C(=O)S/C(=C/c2ccc(OCC(=O)Nc3ccc(Br)c(C)c3C)c(OC)c2)C1=O. The van der Waals surface area contributed by atoms with E-state index in [9.17, 15) is 19.2 Å². The fourth-order valence-electron chi connectivity index (χ4n) is 3.41. The molecule has 9 nitrogen and oxygen atoms in total. The van der Waals surface area contributed by atoms with E-state index in [-0.39, 0.29) is 23.5 Å². The molecule has 2 aromatic rings. The van der Waals surface area contributed by atoms with Crippen molar-refractivity contribution in [2.75, 3.05) is 25.6 Å². The van der Waals surface area contributed by atoms with Crippen molar-refractivity contribution in [3.8, 4) is 11.5 Å². The molecular weight excluding hydrogens is 576 g/mol. The van der Waals surface area contributed by atoms with Crippen LogP contribution in [0.15, 0.2) is 39.7 Å². The molecule has 202 valence electrons. The van der Waals surface area contributed by atoms with Gasteiger partial charge in [0.15, 0.2) is 18.1 Å². The molecule has 38 heavy (non-hydrogen) atoms. The van der Waals surface area contributed by atoms with Gasteiger partial charge in [0.05, 0.1) is 18.1 Å². The first kappa shape index (κ1) is 29.2. The van der Waals surface area contributed by atoms with E-state index >= 15 is 0 Å². The minimum atomic E-state index is -0.638. The van der Waals surface area contributed by atoms with Crippen molar-refractivity contribution in [3.05, 3.63) is 56.4 Å². The minimum Gasteiger partial charge on any atom is -0.493 e. The second kappa shape index (κ2) is 13.0. The number of imide groups is 1. The number of amides is 3. The molecule has 0 spiro atoms.